The van der Waals surface area contributed by atoms with E-state index in [9.17, 15) is 5.11 Å². The van der Waals surface area contributed by atoms with Crippen molar-refractivity contribution >= 4 is 0 Å². The van der Waals surface area contributed by atoms with Crippen molar-refractivity contribution in [1.29, 1.82) is 0 Å². The minimum atomic E-state index is 0.297. The lowest BCUT2D eigenvalue weighted by molar-refractivity contribution is 0.188. The standard InChI is InChI=1S/C15H23N3O/c19-9-11-2-4-14-16-17-15(18(14)8-11)7-13-6-10-1-3-12(13)5-10/h10-13,19H,1-9H2. The summed E-state index contributed by atoms with van der Waals surface area (Å²) in [4.78, 5) is 0. The van der Waals surface area contributed by atoms with Crippen molar-refractivity contribution in [2.75, 3.05) is 6.61 Å². The molecule has 2 aliphatic carbocycles. The molecule has 4 unspecified atom stereocenters. The number of hydrogen-bond acceptors (Lipinski definition) is 3. The molecule has 4 nitrogen and oxygen atoms in total. The Bertz CT molecular complexity index is 470. The van der Waals surface area contributed by atoms with Gasteiger partial charge in [0.1, 0.15) is 11.6 Å². The summed E-state index contributed by atoms with van der Waals surface area (Å²) in [5, 5.41) is 18.2. The fourth-order valence-electron chi connectivity index (χ4n) is 4.61. The van der Waals surface area contributed by atoms with Crippen LogP contribution in [0.2, 0.25) is 0 Å². The number of rotatable bonds is 3. The smallest absolute Gasteiger partial charge is 0.133 e. The molecule has 2 fully saturated rings. The van der Waals surface area contributed by atoms with E-state index in [1.165, 1.54) is 31.5 Å². The van der Waals surface area contributed by atoms with Crippen molar-refractivity contribution in [1.82, 2.24) is 14.8 Å². The van der Waals surface area contributed by atoms with Crippen LogP contribution in [0, 0.1) is 23.7 Å². The molecule has 2 heterocycles. The van der Waals surface area contributed by atoms with E-state index in [0.717, 1.165) is 49.4 Å². The minimum Gasteiger partial charge on any atom is -0.396 e. The Morgan fingerprint density at radius 1 is 1.16 bits per heavy atom. The highest BCUT2D eigenvalue weighted by atomic mass is 16.3. The maximum absolute atomic E-state index is 9.36. The zero-order chi connectivity index (χ0) is 12.8. The molecule has 0 spiro atoms. The minimum absolute atomic E-state index is 0.297. The van der Waals surface area contributed by atoms with Crippen molar-refractivity contribution in [3.63, 3.8) is 0 Å². The summed E-state index contributed by atoms with van der Waals surface area (Å²) >= 11 is 0. The average Bonchev–Trinajstić information content (AvgIpc) is 3.14. The van der Waals surface area contributed by atoms with Gasteiger partial charge >= 0.3 is 0 Å². The van der Waals surface area contributed by atoms with E-state index >= 15 is 0 Å². The summed E-state index contributed by atoms with van der Waals surface area (Å²) in [6.45, 7) is 1.22. The summed E-state index contributed by atoms with van der Waals surface area (Å²) in [7, 11) is 0. The zero-order valence-corrected chi connectivity index (χ0v) is 11.5. The molecule has 104 valence electrons. The second kappa shape index (κ2) is 4.58. The summed E-state index contributed by atoms with van der Waals surface area (Å²) in [5.74, 6) is 5.54. The lowest BCUT2D eigenvalue weighted by atomic mass is 9.86. The molecule has 1 N–H and O–H groups in total. The van der Waals surface area contributed by atoms with Gasteiger partial charge in [-0.1, -0.05) is 6.42 Å². The fraction of sp³-hybridized carbons (Fsp3) is 0.867. The number of fused-ring (bicyclic) bond motifs is 3. The molecule has 1 aromatic heterocycles. The molecule has 2 saturated carbocycles. The Kier molecular flexibility index (Phi) is 2.87. The normalized spacial score (nSPS) is 36.7. The first-order valence-corrected chi connectivity index (χ1v) is 7.85. The van der Waals surface area contributed by atoms with Gasteiger partial charge in [0.15, 0.2) is 0 Å². The van der Waals surface area contributed by atoms with Gasteiger partial charge in [0.25, 0.3) is 0 Å². The predicted octanol–water partition coefficient (Wildman–Crippen LogP) is 1.81. The molecule has 2 bridgehead atoms. The van der Waals surface area contributed by atoms with Gasteiger partial charge in [-0.05, 0) is 43.4 Å². The van der Waals surface area contributed by atoms with E-state index in [1.807, 2.05) is 0 Å². The topological polar surface area (TPSA) is 50.9 Å². The maximum Gasteiger partial charge on any atom is 0.133 e. The van der Waals surface area contributed by atoms with Gasteiger partial charge < -0.3 is 9.67 Å². The number of hydrogen-bond donors (Lipinski definition) is 1. The molecule has 0 aromatic carbocycles. The molecular formula is C15H23N3O. The number of aryl methyl sites for hydroxylation is 1. The van der Waals surface area contributed by atoms with Gasteiger partial charge in [-0.2, -0.15) is 0 Å². The third-order valence-corrected chi connectivity index (χ3v) is 5.71. The Morgan fingerprint density at radius 3 is 2.84 bits per heavy atom. The van der Waals surface area contributed by atoms with Gasteiger partial charge in [0.05, 0.1) is 0 Å². The predicted molar refractivity (Wildman–Crippen MR) is 71.6 cm³/mol. The molecule has 1 aromatic rings. The highest BCUT2D eigenvalue weighted by Gasteiger charge is 2.40. The van der Waals surface area contributed by atoms with E-state index in [2.05, 4.69) is 14.8 Å². The fourth-order valence-corrected chi connectivity index (χ4v) is 4.61. The van der Waals surface area contributed by atoms with Crippen LogP contribution in [0.4, 0.5) is 0 Å². The summed E-state index contributed by atoms with van der Waals surface area (Å²) in [6, 6.07) is 0. The van der Waals surface area contributed by atoms with Crippen LogP contribution in [0.3, 0.4) is 0 Å². The molecule has 0 amide bonds. The molecule has 19 heavy (non-hydrogen) atoms. The second-order valence-electron chi connectivity index (χ2n) is 6.87. The van der Waals surface area contributed by atoms with Crippen LogP contribution in [0.25, 0.3) is 0 Å². The zero-order valence-electron chi connectivity index (χ0n) is 11.5. The third-order valence-electron chi connectivity index (χ3n) is 5.71. The Balaban J connectivity index is 1.51. The first kappa shape index (κ1) is 11.9. The summed E-state index contributed by atoms with van der Waals surface area (Å²) in [5.41, 5.74) is 0. The number of aliphatic hydroxyl groups excluding tert-OH is 1. The highest BCUT2D eigenvalue weighted by molar-refractivity contribution is 5.03. The third kappa shape index (κ3) is 2.00. The molecule has 0 radical (unpaired) electrons. The Morgan fingerprint density at radius 2 is 2.11 bits per heavy atom. The van der Waals surface area contributed by atoms with Crippen LogP contribution < -0.4 is 0 Å². The van der Waals surface area contributed by atoms with E-state index < -0.39 is 0 Å². The number of aliphatic hydroxyl groups is 1. The van der Waals surface area contributed by atoms with Crippen LogP contribution in [-0.4, -0.2) is 26.5 Å². The Hall–Kier alpha value is -0.900. The lowest BCUT2D eigenvalue weighted by Gasteiger charge is -2.25. The molecule has 3 aliphatic rings. The molecular weight excluding hydrogens is 238 g/mol. The van der Waals surface area contributed by atoms with Gasteiger partial charge in [-0.15, -0.1) is 10.2 Å². The Labute approximate surface area is 114 Å². The lowest BCUT2D eigenvalue weighted by Crippen LogP contribution is -2.25. The van der Waals surface area contributed by atoms with E-state index in [1.54, 1.807) is 0 Å². The summed E-state index contributed by atoms with van der Waals surface area (Å²) in [6.07, 6.45) is 8.94. The molecule has 0 saturated heterocycles. The van der Waals surface area contributed by atoms with Gasteiger partial charge in [-0.3, -0.25) is 0 Å². The average molecular weight is 261 g/mol. The monoisotopic (exact) mass is 261 g/mol. The molecule has 4 heteroatoms. The second-order valence-corrected chi connectivity index (χ2v) is 6.87. The molecule has 4 atom stereocenters. The summed E-state index contributed by atoms with van der Waals surface area (Å²) < 4.78 is 2.30. The van der Waals surface area contributed by atoms with E-state index in [-0.39, 0.29) is 0 Å². The van der Waals surface area contributed by atoms with Crippen LogP contribution in [-0.2, 0) is 19.4 Å². The highest BCUT2D eigenvalue weighted by Crippen LogP contribution is 2.49. The van der Waals surface area contributed by atoms with Crippen molar-refractivity contribution in [2.24, 2.45) is 23.7 Å². The van der Waals surface area contributed by atoms with Gasteiger partial charge in [0.2, 0.25) is 0 Å². The van der Waals surface area contributed by atoms with Crippen molar-refractivity contribution in [3.8, 4) is 0 Å². The maximum atomic E-state index is 9.36. The van der Waals surface area contributed by atoms with Crippen molar-refractivity contribution in [2.45, 2.75) is 51.5 Å². The van der Waals surface area contributed by atoms with Gasteiger partial charge in [0, 0.05) is 31.9 Å². The first-order chi connectivity index (χ1) is 9.33. The van der Waals surface area contributed by atoms with E-state index in [0.29, 0.717) is 12.5 Å². The van der Waals surface area contributed by atoms with Crippen LogP contribution in [0.5, 0.6) is 0 Å². The number of aromatic nitrogens is 3. The van der Waals surface area contributed by atoms with Gasteiger partial charge in [-0.25, -0.2) is 0 Å². The van der Waals surface area contributed by atoms with E-state index in [4.69, 9.17) is 0 Å². The number of nitrogens with zero attached hydrogens (tertiary/aromatic N) is 3. The largest absolute Gasteiger partial charge is 0.396 e. The van der Waals surface area contributed by atoms with Crippen LogP contribution in [0.15, 0.2) is 0 Å². The van der Waals surface area contributed by atoms with Crippen molar-refractivity contribution < 1.29 is 5.11 Å². The quantitative estimate of drug-likeness (QED) is 0.903. The van der Waals surface area contributed by atoms with Crippen LogP contribution >= 0.6 is 0 Å². The SMILES string of the molecule is OCC1CCc2nnc(CC3CC4CCC3C4)n2C1. The van der Waals surface area contributed by atoms with Crippen LogP contribution in [0.1, 0.15) is 43.8 Å². The molecule has 4 rings (SSSR count). The first-order valence-electron chi connectivity index (χ1n) is 7.85. The van der Waals surface area contributed by atoms with Crippen molar-refractivity contribution in [3.05, 3.63) is 11.6 Å². The molecule has 1 aliphatic heterocycles.